The van der Waals surface area contributed by atoms with Crippen LogP contribution in [0.3, 0.4) is 0 Å². The van der Waals surface area contributed by atoms with Crippen molar-refractivity contribution in [3.63, 3.8) is 0 Å². The highest BCUT2D eigenvalue weighted by Gasteiger charge is 2.70. The molecule has 4 heteroatoms. The Labute approximate surface area is 205 Å². The molecule has 188 valence electrons. The Morgan fingerprint density at radius 1 is 0.912 bits per heavy atom. The number of carboxylic acids is 1. The Morgan fingerprint density at radius 3 is 2.21 bits per heavy atom. The molecule has 0 aliphatic heterocycles. The monoisotopic (exact) mass is 468 g/mol. The molecule has 0 amide bonds. The van der Waals surface area contributed by atoms with Gasteiger partial charge in [0.1, 0.15) is 5.78 Å². The van der Waals surface area contributed by atoms with Crippen LogP contribution in [0.2, 0.25) is 0 Å². The molecule has 0 radical (unpaired) electrons. The zero-order chi connectivity index (χ0) is 25.1. The van der Waals surface area contributed by atoms with Gasteiger partial charge in [-0.05, 0) is 97.9 Å². The molecule has 0 aromatic heterocycles. The predicted octanol–water partition coefficient (Wildman–Crippen LogP) is 6.62. The molecule has 34 heavy (non-hydrogen) atoms. The van der Waals surface area contributed by atoms with Crippen LogP contribution in [0.4, 0.5) is 0 Å². The molecule has 5 rings (SSSR count). The van der Waals surface area contributed by atoms with Gasteiger partial charge in [0.25, 0.3) is 0 Å². The van der Waals surface area contributed by atoms with E-state index in [1.54, 1.807) is 0 Å². The van der Waals surface area contributed by atoms with Gasteiger partial charge in [-0.25, -0.2) is 0 Å². The van der Waals surface area contributed by atoms with E-state index in [-0.39, 0.29) is 50.6 Å². The Balaban J connectivity index is 1.63. The predicted molar refractivity (Wildman–Crippen MR) is 132 cm³/mol. The normalized spacial score (nSPS) is 52.0. The summed E-state index contributed by atoms with van der Waals surface area (Å²) < 4.78 is 0. The van der Waals surface area contributed by atoms with Crippen molar-refractivity contribution in [2.45, 2.75) is 106 Å². The van der Waals surface area contributed by atoms with Gasteiger partial charge in [0.05, 0.1) is 5.41 Å². The zero-order valence-corrected chi connectivity index (χ0v) is 22.3. The summed E-state index contributed by atoms with van der Waals surface area (Å²) in [5.74, 6) is 0.222. The molecule has 0 bridgehead atoms. The van der Waals surface area contributed by atoms with E-state index < -0.39 is 11.4 Å². The van der Waals surface area contributed by atoms with Crippen molar-refractivity contribution in [2.24, 2.45) is 50.2 Å². The van der Waals surface area contributed by atoms with Crippen LogP contribution >= 0.6 is 0 Å². The maximum Gasteiger partial charge on any atom is 0.309 e. The molecule has 5 aliphatic carbocycles. The van der Waals surface area contributed by atoms with Gasteiger partial charge < -0.3 is 5.11 Å². The first-order valence-electron chi connectivity index (χ1n) is 13.6. The lowest BCUT2D eigenvalue weighted by Crippen LogP contribution is -2.66. The smallest absolute Gasteiger partial charge is 0.309 e. The second-order valence-corrected chi connectivity index (χ2v) is 14.7. The molecular formula is C30H44O4. The lowest BCUT2D eigenvalue weighted by molar-refractivity contribution is -0.188. The van der Waals surface area contributed by atoms with Gasteiger partial charge in [-0.15, -0.1) is 0 Å². The van der Waals surface area contributed by atoms with E-state index >= 15 is 0 Å². The number of carbonyl (C=O) groups excluding carboxylic acids is 2. The first-order chi connectivity index (χ1) is 15.6. The lowest BCUT2D eigenvalue weighted by Gasteiger charge is -2.69. The van der Waals surface area contributed by atoms with Crippen LogP contribution in [-0.2, 0) is 14.4 Å². The van der Waals surface area contributed by atoms with Crippen molar-refractivity contribution < 1.29 is 19.5 Å². The van der Waals surface area contributed by atoms with Crippen LogP contribution in [0.1, 0.15) is 106 Å². The maximum absolute atomic E-state index is 14.2. The van der Waals surface area contributed by atoms with Crippen LogP contribution in [-0.4, -0.2) is 22.6 Å². The average molecular weight is 469 g/mol. The van der Waals surface area contributed by atoms with Gasteiger partial charge >= 0.3 is 5.97 Å². The Hall–Kier alpha value is -1.45. The van der Waals surface area contributed by atoms with Gasteiger partial charge in [-0.1, -0.05) is 47.1 Å². The average Bonchev–Trinajstić information content (AvgIpc) is 2.73. The number of rotatable bonds is 1. The van der Waals surface area contributed by atoms with Gasteiger partial charge in [0.15, 0.2) is 5.78 Å². The molecule has 0 saturated heterocycles. The first kappa shape index (κ1) is 24.3. The summed E-state index contributed by atoms with van der Waals surface area (Å²) in [6.07, 6.45) is 9.78. The van der Waals surface area contributed by atoms with Crippen molar-refractivity contribution in [3.05, 3.63) is 11.6 Å². The minimum absolute atomic E-state index is 0.0707. The lowest BCUT2D eigenvalue weighted by atomic mass is 9.33. The number of carboxylic acid groups (broad SMARTS) is 1. The molecule has 0 aromatic carbocycles. The van der Waals surface area contributed by atoms with Crippen LogP contribution in [0.15, 0.2) is 11.6 Å². The Kier molecular flexibility index (Phi) is 4.89. The largest absolute Gasteiger partial charge is 0.481 e. The van der Waals surface area contributed by atoms with E-state index in [2.05, 4.69) is 41.5 Å². The molecule has 0 unspecified atom stereocenters. The third kappa shape index (κ3) is 2.75. The highest BCUT2D eigenvalue weighted by molar-refractivity contribution is 5.96. The summed E-state index contributed by atoms with van der Waals surface area (Å²) in [7, 11) is 0. The topological polar surface area (TPSA) is 71.4 Å². The fourth-order valence-corrected chi connectivity index (χ4v) is 10.2. The van der Waals surface area contributed by atoms with Crippen molar-refractivity contribution in [1.29, 1.82) is 0 Å². The summed E-state index contributed by atoms with van der Waals surface area (Å²) >= 11 is 0. The molecule has 4 saturated carbocycles. The minimum Gasteiger partial charge on any atom is -0.481 e. The van der Waals surface area contributed by atoms with Crippen LogP contribution in [0, 0.1) is 50.2 Å². The summed E-state index contributed by atoms with van der Waals surface area (Å²) in [6.45, 7) is 15.5. The number of fused-ring (bicyclic) bond motifs is 7. The molecule has 4 nitrogen and oxygen atoms in total. The highest BCUT2D eigenvalue weighted by Crippen LogP contribution is 2.74. The highest BCUT2D eigenvalue weighted by atomic mass is 16.4. The molecule has 0 heterocycles. The van der Waals surface area contributed by atoms with E-state index in [4.69, 9.17) is 0 Å². The fraction of sp³-hybridized carbons (Fsp3) is 0.833. The third-order valence-electron chi connectivity index (χ3n) is 12.8. The Bertz CT molecular complexity index is 1010. The number of hydrogen-bond donors (Lipinski definition) is 1. The molecule has 8 atom stereocenters. The van der Waals surface area contributed by atoms with Crippen molar-refractivity contribution in [1.82, 2.24) is 0 Å². The number of hydrogen-bond acceptors (Lipinski definition) is 3. The quantitative estimate of drug-likeness (QED) is 0.469. The van der Waals surface area contributed by atoms with Crippen molar-refractivity contribution >= 4 is 17.5 Å². The SMILES string of the molecule is CC1(C)C(=O)CC[C@@]2(C)[C@H]3C(=O)C=C4[C@@H]5C[C@@](C)(C(=O)O)CC[C@]5(C)CC[C@@]4(C)[C@@]3(C)CC[C@@H]12. The van der Waals surface area contributed by atoms with Crippen LogP contribution in [0.5, 0.6) is 0 Å². The fourth-order valence-electron chi connectivity index (χ4n) is 10.2. The number of ketones is 2. The maximum atomic E-state index is 14.2. The van der Waals surface area contributed by atoms with E-state index in [0.29, 0.717) is 18.6 Å². The van der Waals surface area contributed by atoms with E-state index in [9.17, 15) is 19.5 Å². The first-order valence-corrected chi connectivity index (χ1v) is 13.6. The Morgan fingerprint density at radius 2 is 1.56 bits per heavy atom. The molecule has 0 aromatic rings. The van der Waals surface area contributed by atoms with Crippen molar-refractivity contribution in [2.75, 3.05) is 0 Å². The molecule has 5 aliphatic rings. The summed E-state index contributed by atoms with van der Waals surface area (Å²) in [5.41, 5.74) is -0.205. The van der Waals surface area contributed by atoms with Gasteiger partial charge in [-0.3, -0.25) is 14.4 Å². The van der Waals surface area contributed by atoms with Gasteiger partial charge in [0.2, 0.25) is 0 Å². The van der Waals surface area contributed by atoms with Gasteiger partial charge in [0, 0.05) is 17.8 Å². The second-order valence-electron chi connectivity index (χ2n) is 14.7. The molecule has 4 fully saturated rings. The number of allylic oxidation sites excluding steroid dienone is 2. The summed E-state index contributed by atoms with van der Waals surface area (Å²) in [4.78, 5) is 39.3. The van der Waals surface area contributed by atoms with Crippen LogP contribution in [0.25, 0.3) is 0 Å². The summed E-state index contributed by atoms with van der Waals surface area (Å²) in [6, 6.07) is 0. The van der Waals surface area contributed by atoms with E-state index in [1.165, 1.54) is 5.57 Å². The van der Waals surface area contributed by atoms with Crippen molar-refractivity contribution in [3.8, 4) is 0 Å². The summed E-state index contributed by atoms with van der Waals surface area (Å²) in [5, 5.41) is 10.0. The number of aliphatic carboxylic acids is 1. The molecular weight excluding hydrogens is 424 g/mol. The molecule has 1 N–H and O–H groups in total. The van der Waals surface area contributed by atoms with Gasteiger partial charge in [-0.2, -0.15) is 0 Å². The number of Topliss-reactive ketones (excluding diaryl/α,β-unsaturated/α-hetero) is 1. The minimum atomic E-state index is -0.721. The second kappa shape index (κ2) is 6.85. The molecule has 0 spiro atoms. The van der Waals surface area contributed by atoms with E-state index in [1.807, 2.05) is 13.0 Å². The number of carbonyl (C=O) groups is 3. The zero-order valence-electron chi connectivity index (χ0n) is 22.3. The van der Waals surface area contributed by atoms with Crippen LogP contribution < -0.4 is 0 Å². The third-order valence-corrected chi connectivity index (χ3v) is 12.8. The standard InChI is InChI=1S/C30H44O4/c1-25(2)21-8-11-30(7)23(28(21,5)10-9-22(25)32)20(31)16-18-19-17-27(4,24(33)34)13-12-26(19,3)14-15-29(18,30)6/h16,19,21,23H,8-15,17H2,1-7H3,(H,33,34)/t19-,21-,23+,26+,27-,28+,29+,30-/m0/s1. The van der Waals surface area contributed by atoms with E-state index in [0.717, 1.165) is 44.9 Å².